The lowest BCUT2D eigenvalue weighted by molar-refractivity contribution is 0.205. The summed E-state index contributed by atoms with van der Waals surface area (Å²) in [6.45, 7) is 5.76. The van der Waals surface area contributed by atoms with Gasteiger partial charge in [0.1, 0.15) is 5.82 Å². The summed E-state index contributed by atoms with van der Waals surface area (Å²) in [5, 5.41) is 0. The molecule has 1 aromatic heterocycles. The second kappa shape index (κ2) is 6.49. The Balaban J connectivity index is 1.97. The normalized spacial score (nSPS) is 18.8. The summed E-state index contributed by atoms with van der Waals surface area (Å²) < 4.78 is 0. The van der Waals surface area contributed by atoms with E-state index in [1.54, 1.807) is 0 Å². The molecule has 1 aromatic carbocycles. The third-order valence-corrected chi connectivity index (χ3v) is 4.59. The highest BCUT2D eigenvalue weighted by molar-refractivity contribution is 5.62. The lowest BCUT2D eigenvalue weighted by Crippen LogP contribution is -2.31. The predicted molar refractivity (Wildman–Crippen MR) is 92.6 cm³/mol. The monoisotopic (exact) mass is 295 g/mol. The van der Waals surface area contributed by atoms with Gasteiger partial charge in [-0.3, -0.25) is 4.90 Å². The van der Waals surface area contributed by atoms with Crippen molar-refractivity contribution in [2.45, 2.75) is 38.8 Å². The van der Waals surface area contributed by atoms with Crippen molar-refractivity contribution < 1.29 is 0 Å². The molecule has 1 aliphatic heterocycles. The Morgan fingerprint density at radius 3 is 2.64 bits per heavy atom. The van der Waals surface area contributed by atoms with Crippen molar-refractivity contribution >= 4 is 11.5 Å². The fraction of sp³-hybridized carbons (Fsp3) is 0.421. The molecule has 2 heterocycles. The number of anilines is 2. The SMILES string of the molecule is CC(C)N1CCC[C@@H]1c1cccnc1N(C)c1ccccc1. The van der Waals surface area contributed by atoms with E-state index in [4.69, 9.17) is 4.98 Å². The van der Waals surface area contributed by atoms with E-state index < -0.39 is 0 Å². The molecule has 0 unspecified atom stereocenters. The summed E-state index contributed by atoms with van der Waals surface area (Å²) in [6.07, 6.45) is 4.39. The van der Waals surface area contributed by atoms with Gasteiger partial charge in [-0.25, -0.2) is 4.98 Å². The van der Waals surface area contributed by atoms with Crippen molar-refractivity contribution in [3.63, 3.8) is 0 Å². The Morgan fingerprint density at radius 1 is 1.14 bits per heavy atom. The van der Waals surface area contributed by atoms with Gasteiger partial charge in [-0.2, -0.15) is 0 Å². The molecule has 0 aliphatic carbocycles. The topological polar surface area (TPSA) is 19.4 Å². The molecular formula is C19H25N3. The van der Waals surface area contributed by atoms with Gasteiger partial charge in [-0.05, 0) is 51.4 Å². The number of benzene rings is 1. The average Bonchev–Trinajstić information content (AvgIpc) is 3.05. The first kappa shape index (κ1) is 15.0. The lowest BCUT2D eigenvalue weighted by Gasteiger charge is -2.31. The zero-order valence-electron chi connectivity index (χ0n) is 13.7. The number of hydrogen-bond donors (Lipinski definition) is 0. The highest BCUT2D eigenvalue weighted by atomic mass is 15.2. The van der Waals surface area contributed by atoms with Gasteiger partial charge in [-0.15, -0.1) is 0 Å². The Bertz CT molecular complexity index is 609. The van der Waals surface area contributed by atoms with Gasteiger partial charge >= 0.3 is 0 Å². The van der Waals surface area contributed by atoms with Crippen LogP contribution in [-0.2, 0) is 0 Å². The summed E-state index contributed by atoms with van der Waals surface area (Å²) in [5.74, 6) is 1.08. The molecule has 1 saturated heterocycles. The summed E-state index contributed by atoms with van der Waals surface area (Å²) >= 11 is 0. The Labute approximate surface area is 133 Å². The molecule has 0 radical (unpaired) electrons. The van der Waals surface area contributed by atoms with Crippen LogP contribution in [0.5, 0.6) is 0 Å². The summed E-state index contributed by atoms with van der Waals surface area (Å²) in [4.78, 5) is 9.49. The minimum Gasteiger partial charge on any atom is -0.329 e. The molecule has 0 bridgehead atoms. The van der Waals surface area contributed by atoms with Crippen LogP contribution >= 0.6 is 0 Å². The highest BCUT2D eigenvalue weighted by Gasteiger charge is 2.30. The van der Waals surface area contributed by atoms with E-state index in [1.807, 2.05) is 12.3 Å². The maximum atomic E-state index is 4.69. The number of pyridine rings is 1. The van der Waals surface area contributed by atoms with Crippen LogP contribution in [-0.4, -0.2) is 29.5 Å². The molecule has 3 nitrogen and oxygen atoms in total. The number of rotatable bonds is 4. The van der Waals surface area contributed by atoms with Crippen LogP contribution in [0.25, 0.3) is 0 Å². The Hall–Kier alpha value is -1.87. The molecule has 1 atom stereocenters. The van der Waals surface area contributed by atoms with Gasteiger partial charge in [-0.1, -0.05) is 24.3 Å². The number of aromatic nitrogens is 1. The van der Waals surface area contributed by atoms with E-state index in [0.29, 0.717) is 12.1 Å². The van der Waals surface area contributed by atoms with Crippen LogP contribution in [0.4, 0.5) is 11.5 Å². The summed E-state index contributed by atoms with van der Waals surface area (Å²) in [6, 6.07) is 15.8. The van der Waals surface area contributed by atoms with E-state index in [1.165, 1.54) is 30.6 Å². The van der Waals surface area contributed by atoms with Crippen molar-refractivity contribution in [3.8, 4) is 0 Å². The molecule has 0 spiro atoms. The molecule has 0 N–H and O–H groups in total. The van der Waals surface area contributed by atoms with Crippen LogP contribution in [0, 0.1) is 0 Å². The van der Waals surface area contributed by atoms with Gasteiger partial charge < -0.3 is 4.90 Å². The van der Waals surface area contributed by atoms with Gasteiger partial charge in [0.25, 0.3) is 0 Å². The first-order valence-electron chi connectivity index (χ1n) is 8.18. The fourth-order valence-electron chi connectivity index (χ4n) is 3.46. The van der Waals surface area contributed by atoms with Gasteiger partial charge in [0.05, 0.1) is 0 Å². The maximum Gasteiger partial charge on any atom is 0.137 e. The standard InChI is InChI=1S/C19H25N3/c1-15(2)22-14-8-12-18(22)17-11-7-13-20-19(17)21(3)16-9-5-4-6-10-16/h4-7,9-11,13,15,18H,8,12,14H2,1-3H3/t18-/m1/s1. The molecule has 116 valence electrons. The fourth-order valence-corrected chi connectivity index (χ4v) is 3.46. The van der Waals surface area contributed by atoms with Crippen molar-refractivity contribution in [3.05, 3.63) is 54.2 Å². The number of nitrogens with zero attached hydrogens (tertiary/aromatic N) is 3. The maximum absolute atomic E-state index is 4.69. The van der Waals surface area contributed by atoms with Crippen LogP contribution in [0.15, 0.2) is 48.7 Å². The predicted octanol–water partition coefficient (Wildman–Crippen LogP) is 4.39. The van der Waals surface area contributed by atoms with Crippen molar-refractivity contribution in [1.82, 2.24) is 9.88 Å². The molecule has 2 aromatic rings. The minimum atomic E-state index is 0.481. The summed E-state index contributed by atoms with van der Waals surface area (Å²) in [7, 11) is 2.11. The van der Waals surface area contributed by atoms with Crippen molar-refractivity contribution in [1.29, 1.82) is 0 Å². The third kappa shape index (κ3) is 2.86. The zero-order chi connectivity index (χ0) is 15.5. The second-order valence-corrected chi connectivity index (χ2v) is 6.30. The first-order valence-corrected chi connectivity index (χ1v) is 8.18. The van der Waals surface area contributed by atoms with Crippen LogP contribution in [0.2, 0.25) is 0 Å². The average molecular weight is 295 g/mol. The third-order valence-electron chi connectivity index (χ3n) is 4.59. The molecule has 1 aliphatic rings. The molecule has 22 heavy (non-hydrogen) atoms. The van der Waals surface area contributed by atoms with E-state index in [-0.39, 0.29) is 0 Å². The molecule has 3 rings (SSSR count). The highest BCUT2D eigenvalue weighted by Crippen LogP contribution is 2.38. The van der Waals surface area contributed by atoms with Crippen molar-refractivity contribution in [2.24, 2.45) is 0 Å². The van der Waals surface area contributed by atoms with Crippen LogP contribution in [0.3, 0.4) is 0 Å². The van der Waals surface area contributed by atoms with Crippen molar-refractivity contribution in [2.75, 3.05) is 18.5 Å². The Morgan fingerprint density at radius 2 is 1.91 bits per heavy atom. The van der Waals surface area contributed by atoms with Crippen LogP contribution in [0.1, 0.15) is 38.3 Å². The largest absolute Gasteiger partial charge is 0.329 e. The van der Waals surface area contributed by atoms with Gasteiger partial charge in [0.15, 0.2) is 0 Å². The van der Waals surface area contributed by atoms with Crippen LogP contribution < -0.4 is 4.90 Å². The molecule has 1 fully saturated rings. The number of hydrogen-bond acceptors (Lipinski definition) is 3. The van der Waals surface area contributed by atoms with E-state index in [2.05, 4.69) is 67.1 Å². The van der Waals surface area contributed by atoms with E-state index in [9.17, 15) is 0 Å². The molecular weight excluding hydrogens is 270 g/mol. The number of para-hydroxylation sites is 1. The Kier molecular flexibility index (Phi) is 4.44. The second-order valence-electron chi connectivity index (χ2n) is 6.30. The lowest BCUT2D eigenvalue weighted by atomic mass is 10.0. The first-order chi connectivity index (χ1) is 10.7. The van der Waals surface area contributed by atoms with E-state index in [0.717, 1.165) is 5.82 Å². The van der Waals surface area contributed by atoms with Gasteiger partial charge in [0.2, 0.25) is 0 Å². The van der Waals surface area contributed by atoms with E-state index >= 15 is 0 Å². The summed E-state index contributed by atoms with van der Waals surface area (Å²) in [5.41, 5.74) is 2.52. The smallest absolute Gasteiger partial charge is 0.137 e. The molecule has 0 saturated carbocycles. The minimum absolute atomic E-state index is 0.481. The van der Waals surface area contributed by atoms with Gasteiger partial charge in [0, 0.05) is 36.6 Å². The molecule has 0 amide bonds. The zero-order valence-corrected chi connectivity index (χ0v) is 13.7. The molecule has 3 heteroatoms. The number of likely N-dealkylation sites (tertiary alicyclic amines) is 1. The quantitative estimate of drug-likeness (QED) is 0.833.